The molecule has 0 aliphatic carbocycles. The lowest BCUT2D eigenvalue weighted by Gasteiger charge is -2.02. The minimum atomic E-state index is -3.74. The van der Waals surface area contributed by atoms with Crippen molar-refractivity contribution in [3.05, 3.63) is 12.2 Å². The molecule has 0 aliphatic heterocycles. The van der Waals surface area contributed by atoms with Crippen LogP contribution in [-0.4, -0.2) is 22.1 Å². The predicted octanol–water partition coefficient (Wildman–Crippen LogP) is 3.20. The zero-order valence-electron chi connectivity index (χ0n) is 10.9. The van der Waals surface area contributed by atoms with E-state index in [2.05, 4.69) is 27.4 Å². The third-order valence-electron chi connectivity index (χ3n) is 2.32. The molecule has 0 aliphatic rings. The van der Waals surface area contributed by atoms with E-state index in [0.717, 1.165) is 45.6 Å². The highest BCUT2D eigenvalue weighted by Gasteiger charge is 2.07. The van der Waals surface area contributed by atoms with Gasteiger partial charge in [0.2, 0.25) is 0 Å². The fourth-order valence-corrected chi connectivity index (χ4v) is 1.75. The Morgan fingerprint density at radius 2 is 1.65 bits per heavy atom. The second kappa shape index (κ2) is 10.7. The van der Waals surface area contributed by atoms with E-state index in [9.17, 15) is 8.42 Å². The van der Waals surface area contributed by atoms with E-state index >= 15 is 0 Å². The van der Waals surface area contributed by atoms with Crippen molar-refractivity contribution in [2.75, 3.05) is 13.7 Å². The monoisotopic (exact) mass is 264 g/mol. The van der Waals surface area contributed by atoms with Gasteiger partial charge in [-0.05, 0) is 25.7 Å². The van der Waals surface area contributed by atoms with Crippen molar-refractivity contribution in [1.29, 1.82) is 0 Å². The van der Waals surface area contributed by atoms with Gasteiger partial charge in [-0.25, -0.2) is 4.18 Å². The van der Waals surface area contributed by atoms with Gasteiger partial charge in [-0.15, -0.1) is 0 Å². The van der Waals surface area contributed by atoms with Crippen molar-refractivity contribution in [2.24, 2.45) is 0 Å². The van der Waals surface area contributed by atoms with E-state index in [4.69, 9.17) is 0 Å². The van der Waals surface area contributed by atoms with Crippen LogP contribution < -0.4 is 0 Å². The van der Waals surface area contributed by atoms with Crippen molar-refractivity contribution < 1.29 is 16.8 Å². The van der Waals surface area contributed by atoms with Gasteiger partial charge in [-0.1, -0.05) is 38.3 Å². The second-order valence-electron chi connectivity index (χ2n) is 3.86. The molecule has 0 spiro atoms. The fourth-order valence-electron chi connectivity index (χ4n) is 1.33. The van der Waals surface area contributed by atoms with Crippen LogP contribution in [0.25, 0.3) is 0 Å². The van der Waals surface area contributed by atoms with Gasteiger partial charge in [-0.2, -0.15) is 8.42 Å². The molecule has 0 heterocycles. The first-order chi connectivity index (χ1) is 8.12. The molecule has 0 atom stereocenters. The highest BCUT2D eigenvalue weighted by Crippen LogP contribution is 2.05. The van der Waals surface area contributed by atoms with Gasteiger partial charge >= 0.3 is 10.4 Å². The Morgan fingerprint density at radius 3 is 2.29 bits per heavy atom. The van der Waals surface area contributed by atoms with Crippen molar-refractivity contribution >= 4 is 10.4 Å². The Balaban J connectivity index is 3.25. The molecular weight excluding hydrogens is 240 g/mol. The van der Waals surface area contributed by atoms with E-state index < -0.39 is 10.4 Å². The molecule has 0 aromatic carbocycles. The highest BCUT2D eigenvalue weighted by molar-refractivity contribution is 7.81. The Morgan fingerprint density at radius 1 is 1.00 bits per heavy atom. The quantitative estimate of drug-likeness (QED) is 0.425. The summed E-state index contributed by atoms with van der Waals surface area (Å²) in [4.78, 5) is 0. The van der Waals surface area contributed by atoms with E-state index in [1.54, 1.807) is 0 Å². The lowest BCUT2D eigenvalue weighted by molar-refractivity contribution is 0.238. The highest BCUT2D eigenvalue weighted by atomic mass is 32.3. The third-order valence-corrected chi connectivity index (χ3v) is 3.18. The SMILES string of the molecule is CCCC=CCCCCCCOS(=O)(=O)OC. The van der Waals surface area contributed by atoms with Gasteiger partial charge in [0, 0.05) is 0 Å². The molecule has 0 aromatic rings. The van der Waals surface area contributed by atoms with Gasteiger partial charge < -0.3 is 0 Å². The molecule has 0 N–H and O–H groups in total. The average Bonchev–Trinajstić information content (AvgIpc) is 2.31. The molecular formula is C12H24O4S. The molecule has 4 nitrogen and oxygen atoms in total. The smallest absolute Gasteiger partial charge is 0.252 e. The van der Waals surface area contributed by atoms with Crippen LogP contribution in [0, 0.1) is 0 Å². The molecule has 0 saturated carbocycles. The van der Waals surface area contributed by atoms with Crippen molar-refractivity contribution in [1.82, 2.24) is 0 Å². The number of hydrogen-bond acceptors (Lipinski definition) is 4. The van der Waals surface area contributed by atoms with Crippen LogP contribution in [0.15, 0.2) is 12.2 Å². The van der Waals surface area contributed by atoms with Crippen LogP contribution in [0.4, 0.5) is 0 Å². The zero-order chi connectivity index (χ0) is 13.0. The van der Waals surface area contributed by atoms with Gasteiger partial charge in [0.15, 0.2) is 0 Å². The summed E-state index contributed by atoms with van der Waals surface area (Å²) < 4.78 is 30.3. The van der Waals surface area contributed by atoms with Crippen LogP contribution >= 0.6 is 0 Å². The van der Waals surface area contributed by atoms with E-state index in [1.165, 1.54) is 6.42 Å². The standard InChI is InChI=1S/C12H24O4S/c1-3-4-5-6-7-8-9-10-11-12-16-17(13,14)15-2/h5-6H,3-4,7-12H2,1-2H3. The van der Waals surface area contributed by atoms with Crippen molar-refractivity contribution in [3.8, 4) is 0 Å². The normalized spacial score (nSPS) is 12.4. The topological polar surface area (TPSA) is 52.6 Å². The van der Waals surface area contributed by atoms with Crippen LogP contribution in [-0.2, 0) is 18.8 Å². The van der Waals surface area contributed by atoms with Crippen LogP contribution in [0.2, 0.25) is 0 Å². The summed E-state index contributed by atoms with van der Waals surface area (Å²) in [6, 6.07) is 0. The summed E-state index contributed by atoms with van der Waals surface area (Å²) in [5.74, 6) is 0. The molecule has 0 bridgehead atoms. The Hall–Kier alpha value is -0.390. The van der Waals surface area contributed by atoms with Crippen LogP contribution in [0.5, 0.6) is 0 Å². The van der Waals surface area contributed by atoms with E-state index in [1.807, 2.05) is 0 Å². The maximum absolute atomic E-state index is 10.8. The maximum Gasteiger partial charge on any atom is 0.399 e. The molecule has 0 rings (SSSR count). The second-order valence-corrected chi connectivity index (χ2v) is 5.25. The lowest BCUT2D eigenvalue weighted by Crippen LogP contribution is -2.08. The number of allylic oxidation sites excluding steroid dienone is 2. The Kier molecular flexibility index (Phi) is 10.5. The average molecular weight is 264 g/mol. The molecule has 0 fully saturated rings. The maximum atomic E-state index is 10.8. The first-order valence-electron chi connectivity index (χ1n) is 6.22. The molecule has 17 heavy (non-hydrogen) atoms. The molecule has 0 amide bonds. The summed E-state index contributed by atoms with van der Waals surface area (Å²) >= 11 is 0. The minimum Gasteiger partial charge on any atom is -0.252 e. The number of hydrogen-bond donors (Lipinski definition) is 0. The number of rotatable bonds is 11. The molecule has 0 unspecified atom stereocenters. The van der Waals surface area contributed by atoms with Crippen molar-refractivity contribution in [3.63, 3.8) is 0 Å². The summed E-state index contributed by atoms with van der Waals surface area (Å²) in [7, 11) is -2.64. The van der Waals surface area contributed by atoms with Gasteiger partial charge in [-0.3, -0.25) is 4.18 Å². The summed E-state index contributed by atoms with van der Waals surface area (Å²) in [6.07, 6.45) is 11.9. The molecule has 102 valence electrons. The summed E-state index contributed by atoms with van der Waals surface area (Å²) in [5.41, 5.74) is 0. The van der Waals surface area contributed by atoms with Gasteiger partial charge in [0.1, 0.15) is 0 Å². The van der Waals surface area contributed by atoms with Crippen LogP contribution in [0.3, 0.4) is 0 Å². The first kappa shape index (κ1) is 16.6. The van der Waals surface area contributed by atoms with Gasteiger partial charge in [0.05, 0.1) is 13.7 Å². The van der Waals surface area contributed by atoms with Crippen molar-refractivity contribution in [2.45, 2.75) is 51.9 Å². The largest absolute Gasteiger partial charge is 0.399 e. The summed E-state index contributed by atoms with van der Waals surface area (Å²) in [6.45, 7) is 2.38. The summed E-state index contributed by atoms with van der Waals surface area (Å²) in [5, 5.41) is 0. The minimum absolute atomic E-state index is 0.210. The van der Waals surface area contributed by atoms with E-state index in [0.29, 0.717) is 0 Å². The zero-order valence-corrected chi connectivity index (χ0v) is 11.7. The molecule has 0 aromatic heterocycles. The first-order valence-corrected chi connectivity index (χ1v) is 7.55. The Labute approximate surface area is 105 Å². The van der Waals surface area contributed by atoms with Gasteiger partial charge in [0.25, 0.3) is 0 Å². The third kappa shape index (κ3) is 11.9. The lowest BCUT2D eigenvalue weighted by atomic mass is 10.1. The fraction of sp³-hybridized carbons (Fsp3) is 0.833. The molecule has 0 radical (unpaired) electrons. The molecule has 0 saturated heterocycles. The molecule has 5 heteroatoms. The Bertz CT molecular complexity index is 283. The number of unbranched alkanes of at least 4 members (excludes halogenated alkanes) is 5. The predicted molar refractivity (Wildman–Crippen MR) is 69.0 cm³/mol. The van der Waals surface area contributed by atoms with E-state index in [-0.39, 0.29) is 6.61 Å². The van der Waals surface area contributed by atoms with Crippen LogP contribution in [0.1, 0.15) is 51.9 Å².